The fourth-order valence-electron chi connectivity index (χ4n) is 5.37. The van der Waals surface area contributed by atoms with Crippen molar-refractivity contribution >= 4 is 23.6 Å². The molecule has 0 saturated carbocycles. The van der Waals surface area contributed by atoms with E-state index in [0.29, 0.717) is 49.0 Å². The van der Waals surface area contributed by atoms with E-state index >= 15 is 0 Å². The van der Waals surface area contributed by atoms with Gasteiger partial charge in [0.05, 0.1) is 26.1 Å². The van der Waals surface area contributed by atoms with E-state index in [1.54, 1.807) is 42.5 Å². The Hall–Kier alpha value is -4.24. The third kappa shape index (κ3) is 10.1. The van der Waals surface area contributed by atoms with Crippen molar-refractivity contribution in [3.8, 4) is 17.2 Å². The van der Waals surface area contributed by atoms with Gasteiger partial charge in [0.2, 0.25) is 5.91 Å². The molecule has 2 aliphatic heterocycles. The van der Waals surface area contributed by atoms with E-state index in [-0.39, 0.29) is 25.4 Å². The van der Waals surface area contributed by atoms with Gasteiger partial charge in [-0.25, -0.2) is 9.59 Å². The van der Waals surface area contributed by atoms with Crippen molar-refractivity contribution in [3.05, 3.63) is 53.6 Å². The summed E-state index contributed by atoms with van der Waals surface area (Å²) >= 11 is 0. The van der Waals surface area contributed by atoms with Crippen LogP contribution in [0.25, 0.3) is 0 Å². The van der Waals surface area contributed by atoms with Crippen molar-refractivity contribution in [1.82, 2.24) is 5.32 Å². The van der Waals surface area contributed by atoms with Crippen molar-refractivity contribution in [1.29, 1.82) is 0 Å². The van der Waals surface area contributed by atoms with E-state index < -0.39 is 48.7 Å². The zero-order valence-electron chi connectivity index (χ0n) is 25.4. The first-order valence-corrected chi connectivity index (χ1v) is 15.3. The first-order chi connectivity index (χ1) is 22.1. The lowest BCUT2D eigenvalue weighted by Gasteiger charge is -2.27. The molecule has 0 radical (unpaired) electrons. The molecular weight excluding hydrogens is 604 g/mol. The summed E-state index contributed by atoms with van der Waals surface area (Å²) in [6.45, 7) is 2.92. The summed E-state index contributed by atoms with van der Waals surface area (Å²) in [7, 11) is 0. The van der Waals surface area contributed by atoms with E-state index in [4.69, 9.17) is 29.2 Å². The largest absolute Gasteiger partial charge is 0.493 e. The van der Waals surface area contributed by atoms with Crippen LogP contribution in [0.2, 0.25) is 0 Å². The number of amides is 1. The molecule has 0 aliphatic carbocycles. The number of aryl methyl sites for hydroxylation is 1. The Morgan fingerprint density at radius 2 is 1.59 bits per heavy atom. The number of aliphatic hydroxyl groups is 2. The number of rotatable bonds is 18. The van der Waals surface area contributed by atoms with Gasteiger partial charge in [-0.15, -0.1) is 0 Å². The topological polar surface area (TPSA) is 203 Å². The minimum Gasteiger partial charge on any atom is -0.493 e. The number of nitrogens with one attached hydrogen (secondary N) is 2. The third-order valence-electron chi connectivity index (χ3n) is 7.88. The normalized spacial score (nSPS) is 17.0. The standard InChI is InChI=1S/C32H40N2O12/c35-22(19-46-30(32(41)42)29(38)31(39)40)7-3-20-4-8-23(9-5-20)43-14-11-27(36)33-24(18-34-12-1-2-13-34)28(37)21-6-10-25-26(17-21)45-16-15-44-25/h4-6,8-10,17,24,28-30,37-38H,1-3,7,11-16,18-19H2,(H,33,36)(H,39,40)(H,41,42)/p+1. The van der Waals surface area contributed by atoms with E-state index in [1.165, 1.54) is 4.90 Å². The molecule has 2 aromatic carbocycles. The molecular formula is C32H41N2O12+. The number of ketones is 1. The summed E-state index contributed by atoms with van der Waals surface area (Å²) in [5.74, 6) is -2.44. The molecule has 2 aromatic rings. The number of aliphatic hydroxyl groups excluding tert-OH is 2. The predicted molar refractivity (Wildman–Crippen MR) is 160 cm³/mol. The van der Waals surface area contributed by atoms with Crippen molar-refractivity contribution < 1.29 is 63.5 Å². The Kier molecular flexibility index (Phi) is 12.7. The van der Waals surface area contributed by atoms with Gasteiger partial charge in [0, 0.05) is 19.3 Å². The molecule has 46 heavy (non-hydrogen) atoms. The fourth-order valence-corrected chi connectivity index (χ4v) is 5.37. The number of quaternary nitrogens is 1. The number of carbonyl (C=O) groups excluding carboxylic acids is 2. The van der Waals surface area contributed by atoms with Crippen LogP contribution in [-0.4, -0.2) is 108 Å². The van der Waals surface area contributed by atoms with Crippen molar-refractivity contribution in [2.45, 2.75) is 56.5 Å². The molecule has 1 fully saturated rings. The lowest BCUT2D eigenvalue weighted by Crippen LogP contribution is -3.11. The predicted octanol–water partition coefficient (Wildman–Crippen LogP) is -0.459. The first kappa shape index (κ1) is 34.6. The number of carboxylic acids is 2. The monoisotopic (exact) mass is 645 g/mol. The molecule has 1 amide bonds. The molecule has 0 aromatic heterocycles. The Labute approximate surface area is 265 Å². The van der Waals surface area contributed by atoms with Gasteiger partial charge in [-0.2, -0.15) is 0 Å². The number of aliphatic carboxylic acids is 2. The Balaban J connectivity index is 1.22. The highest BCUT2D eigenvalue weighted by Gasteiger charge is 2.33. The van der Waals surface area contributed by atoms with E-state index in [9.17, 15) is 29.4 Å². The van der Waals surface area contributed by atoms with Crippen molar-refractivity contribution in [2.75, 3.05) is 46.1 Å². The maximum absolute atomic E-state index is 12.9. The number of carbonyl (C=O) groups is 4. The lowest BCUT2D eigenvalue weighted by molar-refractivity contribution is -0.889. The summed E-state index contributed by atoms with van der Waals surface area (Å²) < 4.78 is 21.8. The molecule has 6 N–H and O–H groups in total. The highest BCUT2D eigenvalue weighted by atomic mass is 16.6. The van der Waals surface area contributed by atoms with Crippen LogP contribution in [0, 0.1) is 0 Å². The molecule has 4 rings (SSSR count). The number of hydrogen-bond acceptors (Lipinski definition) is 10. The summed E-state index contributed by atoms with van der Waals surface area (Å²) in [6, 6.07) is 11.7. The van der Waals surface area contributed by atoms with Gasteiger partial charge in [-0.1, -0.05) is 18.2 Å². The lowest BCUT2D eigenvalue weighted by atomic mass is 10.0. The van der Waals surface area contributed by atoms with Gasteiger partial charge < -0.3 is 49.6 Å². The van der Waals surface area contributed by atoms with Gasteiger partial charge in [-0.05, 0) is 41.8 Å². The maximum atomic E-state index is 12.9. The molecule has 1 saturated heterocycles. The molecule has 2 aliphatic rings. The number of fused-ring (bicyclic) bond motifs is 1. The summed E-state index contributed by atoms with van der Waals surface area (Å²) in [4.78, 5) is 48.3. The quantitative estimate of drug-likeness (QED) is 0.122. The van der Waals surface area contributed by atoms with E-state index in [0.717, 1.165) is 31.5 Å². The Morgan fingerprint density at radius 1 is 0.891 bits per heavy atom. The van der Waals surface area contributed by atoms with E-state index in [1.807, 2.05) is 0 Å². The van der Waals surface area contributed by atoms with Crippen LogP contribution in [0.1, 0.15) is 42.9 Å². The zero-order chi connectivity index (χ0) is 33.1. The van der Waals surface area contributed by atoms with Crippen LogP contribution >= 0.6 is 0 Å². The minimum atomic E-state index is -2.29. The van der Waals surface area contributed by atoms with Crippen LogP contribution in [-0.2, 0) is 30.3 Å². The van der Waals surface area contributed by atoms with Crippen LogP contribution in [0.15, 0.2) is 42.5 Å². The smallest absolute Gasteiger partial charge is 0.336 e. The molecule has 2 heterocycles. The minimum absolute atomic E-state index is 0.00823. The second-order valence-corrected chi connectivity index (χ2v) is 11.3. The number of carboxylic acid groups (broad SMARTS) is 2. The number of hydrogen-bond donors (Lipinski definition) is 6. The molecule has 4 unspecified atom stereocenters. The van der Waals surface area contributed by atoms with Crippen LogP contribution in [0.5, 0.6) is 17.2 Å². The Bertz CT molecular complexity index is 1350. The van der Waals surface area contributed by atoms with Gasteiger partial charge in [0.1, 0.15) is 44.3 Å². The third-order valence-corrected chi connectivity index (χ3v) is 7.88. The number of likely N-dealkylation sites (tertiary alicyclic amines) is 1. The van der Waals surface area contributed by atoms with Crippen LogP contribution in [0.3, 0.4) is 0 Å². The van der Waals surface area contributed by atoms with Gasteiger partial charge in [0.15, 0.2) is 29.5 Å². The maximum Gasteiger partial charge on any atom is 0.336 e. The summed E-state index contributed by atoms with van der Waals surface area (Å²) in [5.41, 5.74) is 1.43. The Morgan fingerprint density at radius 3 is 2.26 bits per heavy atom. The van der Waals surface area contributed by atoms with Crippen LogP contribution < -0.4 is 24.4 Å². The van der Waals surface area contributed by atoms with Crippen LogP contribution in [0.4, 0.5) is 0 Å². The van der Waals surface area contributed by atoms with Gasteiger partial charge in [-0.3, -0.25) is 9.59 Å². The first-order valence-electron chi connectivity index (χ1n) is 15.3. The highest BCUT2D eigenvalue weighted by Crippen LogP contribution is 2.33. The highest BCUT2D eigenvalue weighted by molar-refractivity contribution is 5.84. The SMILES string of the molecule is O=C(CCc1ccc(OCCC(=O)NC(C[NH+]2CCCC2)C(O)c2ccc3c(c2)OCCO3)cc1)COC(C(=O)O)C(O)C(=O)O. The molecule has 14 heteroatoms. The van der Waals surface area contributed by atoms with Crippen molar-refractivity contribution in [3.63, 3.8) is 0 Å². The average molecular weight is 646 g/mol. The number of ether oxygens (including phenoxy) is 4. The molecule has 4 atom stereocenters. The molecule has 0 bridgehead atoms. The fraction of sp³-hybridized carbons (Fsp3) is 0.500. The van der Waals surface area contributed by atoms with Gasteiger partial charge in [0.25, 0.3) is 0 Å². The second kappa shape index (κ2) is 16.9. The second-order valence-electron chi connectivity index (χ2n) is 11.3. The summed E-state index contributed by atoms with van der Waals surface area (Å²) in [6.07, 6.45) is -2.66. The van der Waals surface area contributed by atoms with E-state index in [2.05, 4.69) is 5.32 Å². The summed E-state index contributed by atoms with van der Waals surface area (Å²) in [5, 5.41) is 41.5. The average Bonchev–Trinajstić information content (AvgIpc) is 3.56. The molecule has 0 spiro atoms. The zero-order valence-corrected chi connectivity index (χ0v) is 25.4. The van der Waals surface area contributed by atoms with Crippen molar-refractivity contribution in [2.24, 2.45) is 0 Å². The van der Waals surface area contributed by atoms with Gasteiger partial charge >= 0.3 is 11.9 Å². The molecule has 14 nitrogen and oxygen atoms in total. The number of benzene rings is 2. The number of Topliss-reactive ketones (excluding diaryl/α,β-unsaturated/α-hetero) is 1. The molecule has 250 valence electrons.